The Balaban J connectivity index is 1.84. The van der Waals surface area contributed by atoms with Gasteiger partial charge in [0.2, 0.25) is 0 Å². The van der Waals surface area contributed by atoms with Crippen LogP contribution in [0, 0.1) is 5.82 Å². The standard InChI is InChI=1S/C18H16F3NO5/c1-11(26-13-8-6-12(19)7-9-13)17(24)25-10-16(23)22-14-4-2-3-5-15(14)27-18(20)21/h2-9,11,18H,10H2,1H3,(H,22,23)/t11-/m1/s1. The van der Waals surface area contributed by atoms with Crippen LogP contribution < -0.4 is 14.8 Å². The Morgan fingerprint density at radius 1 is 1.04 bits per heavy atom. The number of para-hydroxylation sites is 2. The van der Waals surface area contributed by atoms with E-state index in [9.17, 15) is 22.8 Å². The molecule has 0 aliphatic heterocycles. The van der Waals surface area contributed by atoms with E-state index in [0.717, 1.165) is 0 Å². The van der Waals surface area contributed by atoms with Gasteiger partial charge in [0.15, 0.2) is 12.7 Å². The van der Waals surface area contributed by atoms with Crippen molar-refractivity contribution in [1.82, 2.24) is 0 Å². The Morgan fingerprint density at radius 3 is 2.37 bits per heavy atom. The summed E-state index contributed by atoms with van der Waals surface area (Å²) in [6.45, 7) is -2.31. The maximum absolute atomic E-state index is 12.8. The lowest BCUT2D eigenvalue weighted by molar-refractivity contribution is -0.153. The van der Waals surface area contributed by atoms with Crippen LogP contribution in [0.3, 0.4) is 0 Å². The minimum Gasteiger partial charge on any atom is -0.479 e. The lowest BCUT2D eigenvalue weighted by atomic mass is 10.3. The van der Waals surface area contributed by atoms with Crippen LogP contribution in [-0.4, -0.2) is 31.2 Å². The average Bonchev–Trinajstić information content (AvgIpc) is 2.62. The predicted molar refractivity (Wildman–Crippen MR) is 89.2 cm³/mol. The Labute approximate surface area is 152 Å². The molecule has 2 aromatic rings. The fourth-order valence-corrected chi connectivity index (χ4v) is 1.97. The van der Waals surface area contributed by atoms with E-state index in [0.29, 0.717) is 0 Å². The number of amides is 1. The Bertz CT molecular complexity index is 783. The number of esters is 1. The number of halogens is 3. The number of carbonyl (C=O) groups excluding carboxylic acids is 2. The molecule has 2 rings (SSSR count). The molecule has 0 heterocycles. The van der Waals surface area contributed by atoms with Crippen LogP contribution in [0.25, 0.3) is 0 Å². The Hall–Kier alpha value is -3.23. The van der Waals surface area contributed by atoms with Gasteiger partial charge in [-0.1, -0.05) is 12.1 Å². The number of nitrogens with one attached hydrogen (secondary N) is 1. The zero-order chi connectivity index (χ0) is 19.8. The number of hydrogen-bond donors (Lipinski definition) is 1. The van der Waals surface area contributed by atoms with E-state index in [1.165, 1.54) is 55.5 Å². The van der Waals surface area contributed by atoms with Gasteiger partial charge >= 0.3 is 12.6 Å². The number of rotatable bonds is 8. The van der Waals surface area contributed by atoms with Crippen LogP contribution >= 0.6 is 0 Å². The first-order valence-corrected chi connectivity index (χ1v) is 7.77. The summed E-state index contributed by atoms with van der Waals surface area (Å²) < 4.78 is 51.9. The molecule has 0 aromatic heterocycles. The van der Waals surface area contributed by atoms with E-state index in [4.69, 9.17) is 9.47 Å². The second kappa shape index (κ2) is 9.46. The van der Waals surface area contributed by atoms with Crippen molar-refractivity contribution in [3.05, 3.63) is 54.3 Å². The second-order valence-corrected chi connectivity index (χ2v) is 5.24. The van der Waals surface area contributed by atoms with Crippen molar-refractivity contribution in [2.24, 2.45) is 0 Å². The second-order valence-electron chi connectivity index (χ2n) is 5.24. The highest BCUT2D eigenvalue weighted by Crippen LogP contribution is 2.25. The highest BCUT2D eigenvalue weighted by molar-refractivity contribution is 5.94. The van der Waals surface area contributed by atoms with E-state index < -0.39 is 37.0 Å². The molecule has 1 atom stereocenters. The largest absolute Gasteiger partial charge is 0.479 e. The molecule has 0 unspecified atom stereocenters. The van der Waals surface area contributed by atoms with E-state index >= 15 is 0 Å². The molecule has 0 fully saturated rings. The molecule has 0 saturated heterocycles. The summed E-state index contributed by atoms with van der Waals surface area (Å²) in [6.07, 6.45) is -1.04. The SMILES string of the molecule is C[C@@H](Oc1ccc(F)cc1)C(=O)OCC(=O)Nc1ccccc1OC(F)F. The lowest BCUT2D eigenvalue weighted by Gasteiger charge is -2.14. The van der Waals surface area contributed by atoms with E-state index in [2.05, 4.69) is 10.1 Å². The quantitative estimate of drug-likeness (QED) is 0.708. The van der Waals surface area contributed by atoms with Crippen molar-refractivity contribution >= 4 is 17.6 Å². The summed E-state index contributed by atoms with van der Waals surface area (Å²) >= 11 is 0. The Morgan fingerprint density at radius 2 is 1.70 bits per heavy atom. The number of alkyl halides is 2. The predicted octanol–water partition coefficient (Wildman–Crippen LogP) is 3.38. The first kappa shape index (κ1) is 20.1. The van der Waals surface area contributed by atoms with Crippen molar-refractivity contribution in [2.45, 2.75) is 19.6 Å². The fraction of sp³-hybridized carbons (Fsp3) is 0.222. The third-order valence-electron chi connectivity index (χ3n) is 3.18. The van der Waals surface area contributed by atoms with Gasteiger partial charge in [0, 0.05) is 0 Å². The van der Waals surface area contributed by atoms with Gasteiger partial charge in [-0.05, 0) is 43.3 Å². The number of benzene rings is 2. The summed E-state index contributed by atoms with van der Waals surface area (Å²) in [7, 11) is 0. The smallest absolute Gasteiger partial charge is 0.387 e. The molecule has 9 heteroatoms. The van der Waals surface area contributed by atoms with Gasteiger partial charge in [0.05, 0.1) is 5.69 Å². The molecule has 0 spiro atoms. The van der Waals surface area contributed by atoms with Crippen LogP contribution in [-0.2, 0) is 14.3 Å². The molecule has 0 bridgehead atoms. The van der Waals surface area contributed by atoms with Gasteiger partial charge in [0.25, 0.3) is 5.91 Å². The first-order chi connectivity index (χ1) is 12.8. The minimum atomic E-state index is -3.05. The lowest BCUT2D eigenvalue weighted by Crippen LogP contribution is -2.29. The summed E-state index contributed by atoms with van der Waals surface area (Å²) in [5, 5.41) is 2.31. The van der Waals surface area contributed by atoms with Gasteiger partial charge in [-0.25, -0.2) is 9.18 Å². The van der Waals surface area contributed by atoms with Crippen molar-refractivity contribution < 1.29 is 37.0 Å². The fourth-order valence-electron chi connectivity index (χ4n) is 1.97. The van der Waals surface area contributed by atoms with Crippen molar-refractivity contribution in [1.29, 1.82) is 0 Å². The highest BCUT2D eigenvalue weighted by Gasteiger charge is 2.18. The maximum atomic E-state index is 12.8. The number of hydrogen-bond acceptors (Lipinski definition) is 5. The molecule has 1 amide bonds. The number of carbonyl (C=O) groups is 2. The average molecular weight is 383 g/mol. The van der Waals surface area contributed by atoms with E-state index in [1.54, 1.807) is 0 Å². The van der Waals surface area contributed by atoms with Gasteiger partial charge in [-0.3, -0.25) is 4.79 Å². The molecule has 1 N–H and O–H groups in total. The van der Waals surface area contributed by atoms with Crippen LogP contribution in [0.1, 0.15) is 6.92 Å². The molecule has 0 saturated carbocycles. The van der Waals surface area contributed by atoms with Crippen molar-refractivity contribution in [3.63, 3.8) is 0 Å². The molecular formula is C18H16F3NO5. The Kier molecular flexibility index (Phi) is 7.04. The first-order valence-electron chi connectivity index (χ1n) is 7.77. The highest BCUT2D eigenvalue weighted by atomic mass is 19.3. The van der Waals surface area contributed by atoms with Gasteiger partial charge < -0.3 is 19.5 Å². The normalized spacial score (nSPS) is 11.6. The molecule has 144 valence electrons. The zero-order valence-corrected chi connectivity index (χ0v) is 14.2. The van der Waals surface area contributed by atoms with Crippen molar-refractivity contribution in [2.75, 3.05) is 11.9 Å². The third kappa shape index (κ3) is 6.53. The number of ether oxygens (including phenoxy) is 3. The van der Waals surface area contributed by atoms with Crippen LogP contribution in [0.15, 0.2) is 48.5 Å². The maximum Gasteiger partial charge on any atom is 0.387 e. The van der Waals surface area contributed by atoms with Gasteiger partial charge in [-0.15, -0.1) is 0 Å². The molecule has 2 aromatic carbocycles. The number of anilines is 1. The molecule has 0 aliphatic carbocycles. The summed E-state index contributed by atoms with van der Waals surface area (Å²) in [4.78, 5) is 23.7. The monoisotopic (exact) mass is 383 g/mol. The zero-order valence-electron chi connectivity index (χ0n) is 14.2. The van der Waals surface area contributed by atoms with Gasteiger partial charge in [-0.2, -0.15) is 8.78 Å². The summed E-state index contributed by atoms with van der Waals surface area (Å²) in [5.74, 6) is -2.00. The van der Waals surface area contributed by atoms with Gasteiger partial charge in [0.1, 0.15) is 17.3 Å². The topological polar surface area (TPSA) is 73.9 Å². The molecule has 6 nitrogen and oxygen atoms in total. The molecule has 27 heavy (non-hydrogen) atoms. The van der Waals surface area contributed by atoms with Crippen LogP contribution in [0.5, 0.6) is 11.5 Å². The summed E-state index contributed by atoms with van der Waals surface area (Å²) in [6, 6.07) is 10.6. The molecule has 0 aliphatic rings. The van der Waals surface area contributed by atoms with Crippen molar-refractivity contribution in [3.8, 4) is 11.5 Å². The van der Waals surface area contributed by atoms with E-state index in [-0.39, 0.29) is 17.2 Å². The minimum absolute atomic E-state index is 0.00876. The van der Waals surface area contributed by atoms with Crippen LogP contribution in [0.4, 0.5) is 18.9 Å². The molecule has 0 radical (unpaired) electrons. The third-order valence-corrected chi connectivity index (χ3v) is 3.18. The summed E-state index contributed by atoms with van der Waals surface area (Å²) in [5.41, 5.74) is 0.00876. The molecular weight excluding hydrogens is 367 g/mol. The van der Waals surface area contributed by atoms with E-state index in [1.807, 2.05) is 0 Å². The van der Waals surface area contributed by atoms with Crippen LogP contribution in [0.2, 0.25) is 0 Å².